The van der Waals surface area contributed by atoms with E-state index < -0.39 is 5.97 Å². The molecule has 1 aliphatic rings. The van der Waals surface area contributed by atoms with Gasteiger partial charge in [-0.25, -0.2) is 0 Å². The summed E-state index contributed by atoms with van der Waals surface area (Å²) in [6.45, 7) is 3.07. The van der Waals surface area contributed by atoms with Crippen molar-refractivity contribution in [2.24, 2.45) is 5.92 Å². The minimum Gasteiger partial charge on any atom is -0.481 e. The van der Waals surface area contributed by atoms with Crippen LogP contribution in [-0.4, -0.2) is 23.7 Å². The van der Waals surface area contributed by atoms with Gasteiger partial charge in [-0.15, -0.1) is 0 Å². The predicted molar refractivity (Wildman–Crippen MR) is 60.9 cm³/mol. The molecule has 0 heterocycles. The normalized spacial score (nSPS) is 20.1. The molecule has 0 aromatic heterocycles. The molecule has 0 aromatic carbocycles. The Labute approximate surface area is 92.3 Å². The molecule has 3 nitrogen and oxygen atoms in total. The zero-order valence-electron chi connectivity index (χ0n) is 9.67. The molecule has 0 spiro atoms. The maximum absolute atomic E-state index is 10.3. The van der Waals surface area contributed by atoms with Crippen LogP contribution in [0, 0.1) is 5.92 Å². The molecule has 1 rings (SSSR count). The van der Waals surface area contributed by atoms with Crippen molar-refractivity contribution < 1.29 is 9.90 Å². The lowest BCUT2D eigenvalue weighted by atomic mass is 9.84. The van der Waals surface area contributed by atoms with E-state index in [0.717, 1.165) is 18.9 Å². The van der Waals surface area contributed by atoms with Crippen molar-refractivity contribution >= 4 is 5.97 Å². The van der Waals surface area contributed by atoms with E-state index in [4.69, 9.17) is 5.11 Å². The molecule has 1 fully saturated rings. The summed E-state index contributed by atoms with van der Waals surface area (Å²) in [6, 6.07) is 0.555. The largest absolute Gasteiger partial charge is 0.481 e. The maximum atomic E-state index is 10.3. The molecule has 0 bridgehead atoms. The quantitative estimate of drug-likeness (QED) is 0.666. The molecule has 3 heteroatoms. The van der Waals surface area contributed by atoms with Gasteiger partial charge < -0.3 is 10.4 Å². The van der Waals surface area contributed by atoms with Gasteiger partial charge in [-0.2, -0.15) is 0 Å². The lowest BCUT2D eigenvalue weighted by molar-refractivity contribution is -0.137. The van der Waals surface area contributed by atoms with E-state index in [0.29, 0.717) is 6.04 Å². The van der Waals surface area contributed by atoms with Gasteiger partial charge in [-0.05, 0) is 38.6 Å². The molecule has 1 aliphatic carbocycles. The molecule has 0 amide bonds. The summed E-state index contributed by atoms with van der Waals surface area (Å²) in [7, 11) is 0. The fourth-order valence-electron chi connectivity index (χ4n) is 2.37. The molecule has 1 atom stereocenters. The molecule has 0 saturated heterocycles. The summed E-state index contributed by atoms with van der Waals surface area (Å²) in [5.74, 6) is 0.116. The average Bonchev–Trinajstić information content (AvgIpc) is 2.25. The first kappa shape index (κ1) is 12.5. The fraction of sp³-hybridized carbons (Fsp3) is 0.917. The van der Waals surface area contributed by atoms with E-state index >= 15 is 0 Å². The molecule has 0 aromatic rings. The summed E-state index contributed by atoms with van der Waals surface area (Å²) in [6.07, 6.45) is 7.83. The summed E-state index contributed by atoms with van der Waals surface area (Å²) < 4.78 is 0. The van der Waals surface area contributed by atoms with Crippen molar-refractivity contribution in [2.45, 2.75) is 57.9 Å². The number of carboxylic acid groups (broad SMARTS) is 1. The molecule has 0 unspecified atom stereocenters. The lowest BCUT2D eigenvalue weighted by Gasteiger charge is -2.28. The number of aliphatic carboxylic acids is 1. The first-order valence-electron chi connectivity index (χ1n) is 6.15. The maximum Gasteiger partial charge on any atom is 0.303 e. The first-order valence-corrected chi connectivity index (χ1v) is 6.15. The van der Waals surface area contributed by atoms with Crippen molar-refractivity contribution in [1.29, 1.82) is 0 Å². The van der Waals surface area contributed by atoms with Crippen LogP contribution in [0.25, 0.3) is 0 Å². The molecule has 88 valence electrons. The Kier molecular flexibility index (Phi) is 5.69. The average molecular weight is 213 g/mol. The third kappa shape index (κ3) is 5.17. The van der Waals surface area contributed by atoms with E-state index in [2.05, 4.69) is 12.2 Å². The van der Waals surface area contributed by atoms with Crippen LogP contribution in [0.4, 0.5) is 0 Å². The zero-order valence-corrected chi connectivity index (χ0v) is 9.67. The van der Waals surface area contributed by atoms with Crippen molar-refractivity contribution in [1.82, 2.24) is 5.32 Å². The van der Waals surface area contributed by atoms with Crippen LogP contribution >= 0.6 is 0 Å². The second kappa shape index (κ2) is 6.83. The zero-order chi connectivity index (χ0) is 11.1. The Balaban J connectivity index is 2.06. The van der Waals surface area contributed by atoms with Crippen LogP contribution in [0.5, 0.6) is 0 Å². The molecular formula is C12H23NO2. The van der Waals surface area contributed by atoms with Gasteiger partial charge in [-0.1, -0.05) is 19.3 Å². The number of carboxylic acids is 1. The Morgan fingerprint density at radius 3 is 2.67 bits per heavy atom. The van der Waals surface area contributed by atoms with E-state index in [9.17, 15) is 4.79 Å². The van der Waals surface area contributed by atoms with Crippen LogP contribution in [0.2, 0.25) is 0 Å². The second-order valence-corrected chi connectivity index (χ2v) is 4.64. The highest BCUT2D eigenvalue weighted by Gasteiger charge is 2.19. The summed E-state index contributed by atoms with van der Waals surface area (Å²) >= 11 is 0. The number of nitrogens with one attached hydrogen (secondary N) is 1. The van der Waals surface area contributed by atoms with Crippen molar-refractivity contribution in [3.8, 4) is 0 Å². The molecule has 1 saturated carbocycles. The number of carbonyl (C=O) groups is 1. The number of hydrogen-bond donors (Lipinski definition) is 2. The van der Waals surface area contributed by atoms with Crippen molar-refractivity contribution in [3.63, 3.8) is 0 Å². The third-order valence-corrected chi connectivity index (χ3v) is 3.39. The van der Waals surface area contributed by atoms with Gasteiger partial charge >= 0.3 is 5.97 Å². The highest BCUT2D eigenvalue weighted by molar-refractivity contribution is 5.66. The fourth-order valence-corrected chi connectivity index (χ4v) is 2.37. The van der Waals surface area contributed by atoms with Crippen molar-refractivity contribution in [3.05, 3.63) is 0 Å². The van der Waals surface area contributed by atoms with Gasteiger partial charge in [0.15, 0.2) is 0 Å². The van der Waals surface area contributed by atoms with Gasteiger partial charge in [0.1, 0.15) is 0 Å². The molecule has 15 heavy (non-hydrogen) atoms. The first-order chi connectivity index (χ1) is 7.20. The second-order valence-electron chi connectivity index (χ2n) is 4.64. The van der Waals surface area contributed by atoms with Crippen LogP contribution in [0.1, 0.15) is 51.9 Å². The van der Waals surface area contributed by atoms with E-state index in [1.807, 2.05) is 0 Å². The van der Waals surface area contributed by atoms with E-state index in [-0.39, 0.29) is 6.42 Å². The highest BCUT2D eigenvalue weighted by atomic mass is 16.4. The number of rotatable bonds is 6. The van der Waals surface area contributed by atoms with Gasteiger partial charge in [0, 0.05) is 12.5 Å². The Morgan fingerprint density at radius 1 is 1.40 bits per heavy atom. The van der Waals surface area contributed by atoms with Crippen LogP contribution in [0.3, 0.4) is 0 Å². The Bertz CT molecular complexity index is 188. The summed E-state index contributed by atoms with van der Waals surface area (Å²) in [4.78, 5) is 10.3. The number of hydrogen-bond acceptors (Lipinski definition) is 2. The molecule has 0 radical (unpaired) electrons. The summed E-state index contributed by atoms with van der Waals surface area (Å²) in [5.41, 5.74) is 0. The minimum atomic E-state index is -0.692. The smallest absolute Gasteiger partial charge is 0.303 e. The van der Waals surface area contributed by atoms with Crippen molar-refractivity contribution in [2.75, 3.05) is 6.54 Å². The van der Waals surface area contributed by atoms with Gasteiger partial charge in [0.2, 0.25) is 0 Å². The molecular weight excluding hydrogens is 190 g/mol. The third-order valence-electron chi connectivity index (χ3n) is 3.39. The minimum absolute atomic E-state index is 0.282. The van der Waals surface area contributed by atoms with Gasteiger partial charge in [-0.3, -0.25) is 4.79 Å². The van der Waals surface area contributed by atoms with Crippen LogP contribution < -0.4 is 5.32 Å². The SMILES string of the molecule is C[C@H](NCCCC(=O)O)C1CCCCC1. The van der Waals surface area contributed by atoms with Gasteiger partial charge in [0.05, 0.1) is 0 Å². The van der Waals surface area contributed by atoms with E-state index in [1.54, 1.807) is 0 Å². The molecule has 0 aliphatic heterocycles. The van der Waals surface area contributed by atoms with Gasteiger partial charge in [0.25, 0.3) is 0 Å². The van der Waals surface area contributed by atoms with Crippen LogP contribution in [0.15, 0.2) is 0 Å². The Hall–Kier alpha value is -0.570. The Morgan fingerprint density at radius 2 is 2.07 bits per heavy atom. The highest BCUT2D eigenvalue weighted by Crippen LogP contribution is 2.26. The topological polar surface area (TPSA) is 49.3 Å². The lowest BCUT2D eigenvalue weighted by Crippen LogP contribution is -2.35. The van der Waals surface area contributed by atoms with E-state index in [1.165, 1.54) is 32.1 Å². The standard InChI is InChI=1S/C12H23NO2/c1-10(11-6-3-2-4-7-11)13-9-5-8-12(14)15/h10-11,13H,2-9H2,1H3,(H,14,15)/t10-/m0/s1. The summed E-state index contributed by atoms with van der Waals surface area (Å²) in [5, 5.41) is 11.9. The monoisotopic (exact) mass is 213 g/mol. The van der Waals surface area contributed by atoms with Crippen LogP contribution in [-0.2, 0) is 4.79 Å². The predicted octanol–water partition coefficient (Wildman–Crippen LogP) is 2.41. The molecule has 2 N–H and O–H groups in total.